The number of hydrogen-bond acceptors (Lipinski definition) is 8. The largest absolute Gasteiger partial charge is 0.483 e. The summed E-state index contributed by atoms with van der Waals surface area (Å²) in [7, 11) is 2.25. The molecule has 0 amide bonds. The highest BCUT2D eigenvalue weighted by Crippen LogP contribution is 2.31. The van der Waals surface area contributed by atoms with E-state index in [2.05, 4.69) is 9.47 Å². The maximum absolute atomic E-state index is 12.3. The molecule has 150 valence electrons. The van der Waals surface area contributed by atoms with Gasteiger partial charge in [0.05, 0.1) is 32.0 Å². The number of benzene rings is 1. The van der Waals surface area contributed by atoms with Crippen molar-refractivity contribution in [3.05, 3.63) is 35.0 Å². The number of nitriles is 1. The van der Waals surface area contributed by atoms with Gasteiger partial charge >= 0.3 is 18.1 Å². The van der Waals surface area contributed by atoms with Crippen LogP contribution in [0.4, 0.5) is 18.9 Å². The predicted molar refractivity (Wildman–Crippen MR) is 87.1 cm³/mol. The van der Waals surface area contributed by atoms with Crippen LogP contribution in [0.2, 0.25) is 0 Å². The minimum absolute atomic E-state index is 0.100. The Labute approximate surface area is 157 Å². The number of carbonyl (C=O) groups is 2. The number of alkyl halides is 3. The number of halogens is 3. The van der Waals surface area contributed by atoms with Crippen molar-refractivity contribution in [1.82, 2.24) is 0 Å². The van der Waals surface area contributed by atoms with Crippen LogP contribution in [0, 0.1) is 11.3 Å². The molecule has 1 aliphatic heterocycles. The lowest BCUT2D eigenvalue weighted by molar-refractivity contribution is -0.153. The van der Waals surface area contributed by atoms with Crippen molar-refractivity contribution in [3.8, 4) is 11.8 Å². The van der Waals surface area contributed by atoms with E-state index in [4.69, 9.17) is 9.47 Å². The number of hydrogen-bond donors (Lipinski definition) is 0. The Balaban J connectivity index is 2.46. The molecule has 1 aromatic carbocycles. The summed E-state index contributed by atoms with van der Waals surface area (Å²) < 4.78 is 56.3. The second-order valence-corrected chi connectivity index (χ2v) is 5.41. The molecule has 0 spiro atoms. The molecule has 0 radical (unpaired) electrons. The lowest BCUT2D eigenvalue weighted by Crippen LogP contribution is -2.38. The van der Waals surface area contributed by atoms with Gasteiger partial charge in [-0.15, -0.1) is 0 Å². The van der Waals surface area contributed by atoms with Gasteiger partial charge in [0.2, 0.25) is 0 Å². The number of carbonyl (C=O) groups excluding carboxylic acids is 2. The molecular weight excluding hydrogens is 385 g/mol. The van der Waals surface area contributed by atoms with E-state index in [-0.39, 0.29) is 41.6 Å². The van der Waals surface area contributed by atoms with Gasteiger partial charge in [-0.1, -0.05) is 0 Å². The van der Waals surface area contributed by atoms with Crippen molar-refractivity contribution >= 4 is 17.6 Å². The van der Waals surface area contributed by atoms with Crippen LogP contribution in [0.3, 0.4) is 0 Å². The van der Waals surface area contributed by atoms with Crippen molar-refractivity contribution < 1.29 is 41.7 Å². The van der Waals surface area contributed by atoms with Crippen LogP contribution in [0.1, 0.15) is 5.56 Å². The molecule has 2 rings (SSSR count). The number of anilines is 1. The molecule has 0 saturated heterocycles. The van der Waals surface area contributed by atoms with Crippen LogP contribution >= 0.6 is 0 Å². The maximum Gasteiger partial charge on any atom is 0.422 e. The number of rotatable bonds is 5. The Bertz CT molecular complexity index is 844. The van der Waals surface area contributed by atoms with Crippen LogP contribution in [0.5, 0.6) is 5.75 Å². The van der Waals surface area contributed by atoms with Gasteiger partial charge < -0.3 is 23.8 Å². The van der Waals surface area contributed by atoms with Gasteiger partial charge in [-0.25, -0.2) is 9.59 Å². The molecule has 0 unspecified atom stereocenters. The Morgan fingerprint density at radius 1 is 1.25 bits per heavy atom. The predicted octanol–water partition coefficient (Wildman–Crippen LogP) is 1.89. The Kier molecular flexibility index (Phi) is 6.48. The fraction of sp³-hybridized carbons (Fsp3) is 0.353. The molecule has 1 aliphatic rings. The first kappa shape index (κ1) is 21.0. The van der Waals surface area contributed by atoms with Crippen molar-refractivity contribution in [1.29, 1.82) is 5.26 Å². The highest BCUT2D eigenvalue weighted by atomic mass is 19.4. The summed E-state index contributed by atoms with van der Waals surface area (Å²) in [5, 5.41) is 9.23. The van der Waals surface area contributed by atoms with Crippen LogP contribution in [-0.2, 0) is 23.8 Å². The first-order valence-electron chi connectivity index (χ1n) is 7.70. The molecule has 11 heteroatoms. The van der Waals surface area contributed by atoms with Crippen LogP contribution in [0.25, 0.3) is 0 Å². The zero-order valence-electron chi connectivity index (χ0n) is 14.8. The summed E-state index contributed by atoms with van der Waals surface area (Å²) >= 11 is 0. The first-order chi connectivity index (χ1) is 13.2. The molecule has 0 bridgehead atoms. The molecule has 0 fully saturated rings. The fourth-order valence-corrected chi connectivity index (χ4v) is 2.41. The lowest BCUT2D eigenvalue weighted by Gasteiger charge is -2.31. The molecule has 8 nitrogen and oxygen atoms in total. The van der Waals surface area contributed by atoms with E-state index >= 15 is 0 Å². The van der Waals surface area contributed by atoms with Crippen LogP contribution in [-0.4, -0.2) is 52.3 Å². The van der Waals surface area contributed by atoms with Gasteiger partial charge in [-0.2, -0.15) is 18.4 Å². The second kappa shape index (κ2) is 8.62. The second-order valence-electron chi connectivity index (χ2n) is 5.41. The molecule has 0 aliphatic carbocycles. The molecule has 0 atom stereocenters. The van der Waals surface area contributed by atoms with Gasteiger partial charge in [0, 0.05) is 5.69 Å². The van der Waals surface area contributed by atoms with E-state index < -0.39 is 24.7 Å². The summed E-state index contributed by atoms with van der Waals surface area (Å²) in [5.74, 6) is -1.94. The number of esters is 2. The normalized spacial score (nSPS) is 14.4. The number of methoxy groups -OCH3 is 2. The van der Waals surface area contributed by atoms with Crippen molar-refractivity contribution in [2.24, 2.45) is 0 Å². The third kappa shape index (κ3) is 4.72. The van der Waals surface area contributed by atoms with E-state index in [0.717, 1.165) is 20.3 Å². The number of nitrogens with zero attached hydrogens (tertiary/aromatic N) is 2. The number of ether oxygens (including phenoxy) is 4. The first-order valence-corrected chi connectivity index (χ1v) is 7.70. The zero-order valence-corrected chi connectivity index (χ0v) is 14.8. The Hall–Kier alpha value is -3.26. The molecule has 0 aromatic heterocycles. The minimum Gasteiger partial charge on any atom is -0.483 e. The quantitative estimate of drug-likeness (QED) is 0.692. The Morgan fingerprint density at radius 3 is 2.50 bits per heavy atom. The highest BCUT2D eigenvalue weighted by molar-refractivity contribution is 6.03. The summed E-state index contributed by atoms with van der Waals surface area (Å²) in [4.78, 5) is 25.4. The molecule has 1 heterocycles. The fourth-order valence-electron chi connectivity index (χ4n) is 2.41. The summed E-state index contributed by atoms with van der Waals surface area (Å²) in [6.45, 7) is -1.93. The smallest absolute Gasteiger partial charge is 0.422 e. The average Bonchev–Trinajstić information content (AvgIpc) is 2.69. The van der Waals surface area contributed by atoms with Gasteiger partial charge in [0.15, 0.2) is 6.61 Å². The van der Waals surface area contributed by atoms with E-state index in [1.807, 2.05) is 0 Å². The minimum atomic E-state index is -4.57. The summed E-state index contributed by atoms with van der Waals surface area (Å²) in [6, 6.07) is 5.41. The topological polar surface area (TPSA) is 98.1 Å². The molecule has 1 aromatic rings. The van der Waals surface area contributed by atoms with Crippen molar-refractivity contribution in [3.63, 3.8) is 0 Å². The van der Waals surface area contributed by atoms with Crippen molar-refractivity contribution in [2.75, 3.05) is 39.1 Å². The molecule has 28 heavy (non-hydrogen) atoms. The Morgan fingerprint density at radius 2 is 1.93 bits per heavy atom. The van der Waals surface area contributed by atoms with Gasteiger partial charge in [0.25, 0.3) is 0 Å². The van der Waals surface area contributed by atoms with Gasteiger partial charge in [-0.3, -0.25) is 0 Å². The van der Waals surface area contributed by atoms with Crippen LogP contribution in [0.15, 0.2) is 29.5 Å². The van der Waals surface area contributed by atoms with Crippen molar-refractivity contribution in [2.45, 2.75) is 6.18 Å². The highest BCUT2D eigenvalue weighted by Gasteiger charge is 2.33. The monoisotopic (exact) mass is 400 g/mol. The van der Waals surface area contributed by atoms with Gasteiger partial charge in [-0.05, 0) is 18.2 Å². The SMILES string of the molecule is COC(=O)C1=C(C(=O)OC)N(c2ccc(OCC(F)(F)F)c(C#N)c2)COC1. The zero-order chi connectivity index (χ0) is 20.9. The molecule has 0 N–H and O–H groups in total. The average molecular weight is 400 g/mol. The lowest BCUT2D eigenvalue weighted by atomic mass is 10.1. The standard InChI is InChI=1S/C17H15F3N2O6/c1-25-15(23)12-7-27-9-22(14(12)16(24)26-2)11-3-4-13(10(5-11)6-21)28-8-17(18,19)20/h3-5H,7-9H2,1-2H3. The third-order valence-corrected chi connectivity index (χ3v) is 3.62. The maximum atomic E-state index is 12.3. The third-order valence-electron chi connectivity index (χ3n) is 3.62. The van der Waals surface area contributed by atoms with Gasteiger partial charge in [0.1, 0.15) is 24.2 Å². The molecule has 0 saturated carbocycles. The summed E-state index contributed by atoms with van der Waals surface area (Å²) in [6.07, 6.45) is -4.57. The van der Waals surface area contributed by atoms with Crippen LogP contribution < -0.4 is 9.64 Å². The summed E-state index contributed by atoms with van der Waals surface area (Å²) in [5.41, 5.74) is -0.251. The van der Waals surface area contributed by atoms with E-state index in [0.29, 0.717) is 0 Å². The molecular formula is C17H15F3N2O6. The van der Waals surface area contributed by atoms with E-state index in [9.17, 15) is 28.0 Å². The van der Waals surface area contributed by atoms with E-state index in [1.165, 1.54) is 17.0 Å². The van der Waals surface area contributed by atoms with E-state index in [1.54, 1.807) is 6.07 Å².